The van der Waals surface area contributed by atoms with Crippen LogP contribution in [0.1, 0.15) is 55.2 Å². The Morgan fingerprint density at radius 3 is 2.82 bits per heavy atom. The number of rotatable bonds is 4. The molecule has 1 heteroatoms. The van der Waals surface area contributed by atoms with E-state index in [-0.39, 0.29) is 0 Å². The highest BCUT2D eigenvalue weighted by Crippen LogP contribution is 2.61. The number of ether oxygens (including phenoxy) is 1. The van der Waals surface area contributed by atoms with E-state index in [1.807, 2.05) is 6.07 Å². The molecule has 2 aromatic carbocycles. The van der Waals surface area contributed by atoms with Gasteiger partial charge >= 0.3 is 0 Å². The first-order chi connectivity index (χ1) is 13.7. The maximum Gasteiger partial charge on any atom is 0.120 e. The van der Waals surface area contributed by atoms with Crippen LogP contribution in [-0.2, 0) is 13.0 Å². The Balaban J connectivity index is 1.35. The molecule has 0 saturated heterocycles. The predicted molar refractivity (Wildman–Crippen MR) is 115 cm³/mol. The molecule has 0 N–H and O–H groups in total. The van der Waals surface area contributed by atoms with Crippen LogP contribution in [0.4, 0.5) is 0 Å². The molecule has 0 radical (unpaired) electrons. The summed E-state index contributed by atoms with van der Waals surface area (Å²) in [6.45, 7) is 7.22. The minimum Gasteiger partial charge on any atom is -0.489 e. The van der Waals surface area contributed by atoms with Gasteiger partial charge in [0.15, 0.2) is 0 Å². The van der Waals surface area contributed by atoms with Crippen molar-refractivity contribution in [2.24, 2.45) is 17.3 Å². The molecule has 0 bridgehead atoms. The molecule has 3 aliphatic rings. The third kappa shape index (κ3) is 2.83. The van der Waals surface area contributed by atoms with Crippen LogP contribution in [0, 0.1) is 17.3 Å². The molecule has 5 rings (SSSR count). The highest BCUT2D eigenvalue weighted by molar-refractivity contribution is 5.42. The van der Waals surface area contributed by atoms with Crippen molar-refractivity contribution in [3.63, 3.8) is 0 Å². The van der Waals surface area contributed by atoms with Crippen LogP contribution < -0.4 is 4.74 Å². The van der Waals surface area contributed by atoms with E-state index in [4.69, 9.17) is 4.74 Å². The summed E-state index contributed by atoms with van der Waals surface area (Å²) in [4.78, 5) is 0. The molecule has 28 heavy (non-hydrogen) atoms. The molecule has 2 aromatic rings. The molecule has 1 fully saturated rings. The largest absolute Gasteiger partial charge is 0.489 e. The molecule has 1 saturated carbocycles. The van der Waals surface area contributed by atoms with Crippen LogP contribution in [-0.4, -0.2) is 0 Å². The van der Waals surface area contributed by atoms with Crippen molar-refractivity contribution < 1.29 is 4.74 Å². The molecule has 0 heterocycles. The first-order valence-corrected chi connectivity index (χ1v) is 10.8. The lowest BCUT2D eigenvalue weighted by molar-refractivity contribution is 0.0774. The number of allylic oxidation sites excluding steroid dienone is 3. The minimum atomic E-state index is 0.360. The van der Waals surface area contributed by atoms with E-state index in [0.717, 1.165) is 23.5 Å². The van der Waals surface area contributed by atoms with Gasteiger partial charge in [-0.1, -0.05) is 62.1 Å². The van der Waals surface area contributed by atoms with Crippen molar-refractivity contribution in [3.05, 3.63) is 89.5 Å². The molecule has 3 aliphatic carbocycles. The second-order valence-electron chi connectivity index (χ2n) is 9.11. The molecule has 0 spiro atoms. The maximum absolute atomic E-state index is 6.09. The van der Waals surface area contributed by atoms with Crippen molar-refractivity contribution in [1.29, 1.82) is 0 Å². The number of benzene rings is 2. The zero-order chi connectivity index (χ0) is 19.1. The van der Waals surface area contributed by atoms with E-state index in [2.05, 4.69) is 68.1 Å². The Hall–Kier alpha value is -2.28. The normalized spacial score (nSPS) is 30.6. The highest BCUT2D eigenvalue weighted by atomic mass is 16.5. The second kappa shape index (κ2) is 6.95. The molecule has 0 aliphatic heterocycles. The van der Waals surface area contributed by atoms with Crippen molar-refractivity contribution in [3.8, 4) is 5.75 Å². The zero-order valence-electron chi connectivity index (χ0n) is 16.9. The molecular formula is C27H30O. The first-order valence-electron chi connectivity index (χ1n) is 10.8. The summed E-state index contributed by atoms with van der Waals surface area (Å²) in [6, 6.07) is 17.3. The van der Waals surface area contributed by atoms with Gasteiger partial charge in [0.25, 0.3) is 0 Å². The summed E-state index contributed by atoms with van der Waals surface area (Å²) < 4.78 is 6.09. The van der Waals surface area contributed by atoms with Crippen molar-refractivity contribution >= 4 is 0 Å². The molecule has 3 unspecified atom stereocenters. The monoisotopic (exact) mass is 370 g/mol. The fraction of sp³-hybridized carbons (Fsp3) is 0.407. The van der Waals surface area contributed by atoms with Crippen LogP contribution in [0.25, 0.3) is 0 Å². The van der Waals surface area contributed by atoms with Gasteiger partial charge < -0.3 is 4.74 Å². The number of hydrogen-bond acceptors (Lipinski definition) is 1. The van der Waals surface area contributed by atoms with Gasteiger partial charge in [-0.15, -0.1) is 0 Å². The fourth-order valence-electron chi connectivity index (χ4n) is 6.31. The molecular weight excluding hydrogens is 340 g/mol. The Bertz CT molecular complexity index is 909. The zero-order valence-corrected chi connectivity index (χ0v) is 16.9. The van der Waals surface area contributed by atoms with E-state index >= 15 is 0 Å². The van der Waals surface area contributed by atoms with Crippen LogP contribution in [0.2, 0.25) is 0 Å². The van der Waals surface area contributed by atoms with E-state index < -0.39 is 0 Å². The van der Waals surface area contributed by atoms with Gasteiger partial charge in [0.05, 0.1) is 0 Å². The lowest BCUT2D eigenvalue weighted by Crippen LogP contribution is -2.40. The third-order valence-corrected chi connectivity index (χ3v) is 7.81. The summed E-state index contributed by atoms with van der Waals surface area (Å²) in [5, 5.41) is 0. The summed E-state index contributed by atoms with van der Waals surface area (Å²) in [7, 11) is 0. The SMILES string of the molecule is C=CC1=CCC2C3CCc4cc(OCc5ccccc5)ccc4C3CC[C@]12C. The van der Waals surface area contributed by atoms with E-state index in [0.29, 0.717) is 12.0 Å². The van der Waals surface area contributed by atoms with Gasteiger partial charge in [0, 0.05) is 0 Å². The van der Waals surface area contributed by atoms with Crippen molar-refractivity contribution in [1.82, 2.24) is 0 Å². The van der Waals surface area contributed by atoms with Crippen LogP contribution in [0.15, 0.2) is 72.8 Å². The van der Waals surface area contributed by atoms with Crippen molar-refractivity contribution in [2.45, 2.75) is 51.6 Å². The van der Waals surface area contributed by atoms with Gasteiger partial charge in [0.1, 0.15) is 12.4 Å². The van der Waals surface area contributed by atoms with Gasteiger partial charge in [-0.25, -0.2) is 0 Å². The topological polar surface area (TPSA) is 9.23 Å². The molecule has 144 valence electrons. The van der Waals surface area contributed by atoms with E-state index in [9.17, 15) is 0 Å². The Morgan fingerprint density at radius 1 is 1.14 bits per heavy atom. The molecule has 0 aromatic heterocycles. The number of fused-ring (bicyclic) bond motifs is 5. The van der Waals surface area contributed by atoms with Crippen LogP contribution in [0.5, 0.6) is 5.75 Å². The molecule has 4 atom stereocenters. The summed E-state index contributed by atoms with van der Waals surface area (Å²) in [6.07, 6.45) is 10.9. The maximum atomic E-state index is 6.09. The smallest absolute Gasteiger partial charge is 0.120 e. The molecule has 0 amide bonds. The van der Waals surface area contributed by atoms with E-state index in [1.54, 1.807) is 5.56 Å². The summed E-state index contributed by atoms with van der Waals surface area (Å²) in [5.74, 6) is 3.35. The van der Waals surface area contributed by atoms with Gasteiger partial charge in [-0.2, -0.15) is 0 Å². The lowest BCUT2D eigenvalue weighted by Gasteiger charge is -2.50. The average Bonchev–Trinajstić information content (AvgIpc) is 3.09. The Morgan fingerprint density at radius 2 is 2.00 bits per heavy atom. The minimum absolute atomic E-state index is 0.360. The fourth-order valence-corrected chi connectivity index (χ4v) is 6.31. The highest BCUT2D eigenvalue weighted by Gasteiger charge is 2.50. The number of hydrogen-bond donors (Lipinski definition) is 0. The predicted octanol–water partition coefficient (Wildman–Crippen LogP) is 6.84. The summed E-state index contributed by atoms with van der Waals surface area (Å²) in [5.41, 5.74) is 6.20. The first kappa shape index (κ1) is 17.8. The second-order valence-corrected chi connectivity index (χ2v) is 9.11. The van der Waals surface area contributed by atoms with E-state index in [1.165, 1.54) is 48.8 Å². The van der Waals surface area contributed by atoms with Crippen molar-refractivity contribution in [2.75, 3.05) is 0 Å². The quantitative estimate of drug-likeness (QED) is 0.572. The summed E-state index contributed by atoms with van der Waals surface area (Å²) >= 11 is 0. The Kier molecular flexibility index (Phi) is 4.42. The lowest BCUT2D eigenvalue weighted by atomic mass is 9.54. The molecule has 1 nitrogen and oxygen atoms in total. The average molecular weight is 371 g/mol. The van der Waals surface area contributed by atoms with Gasteiger partial charge in [0.2, 0.25) is 0 Å². The standard InChI is InChI=1S/C27H30O/c1-3-21-10-14-26-25-12-9-20-17-22(28-18-19-7-5-4-6-8-19)11-13-23(20)24(25)15-16-27(21,26)2/h3-8,10-11,13,17,24-26H,1,9,12,14-16,18H2,2H3/t24?,25?,26?,27-/m1/s1. The van der Waals surface area contributed by atoms with Gasteiger partial charge in [-0.05, 0) is 89.7 Å². The van der Waals surface area contributed by atoms with Gasteiger partial charge in [-0.3, -0.25) is 0 Å². The van der Waals surface area contributed by atoms with Crippen LogP contribution >= 0.6 is 0 Å². The Labute approximate surface area is 169 Å². The van der Waals surface area contributed by atoms with Crippen LogP contribution in [0.3, 0.4) is 0 Å². The number of aryl methyl sites for hydroxylation is 1. The third-order valence-electron chi connectivity index (χ3n) is 7.81.